The molecule has 8 heteroatoms. The Labute approximate surface area is 126 Å². The first-order valence-electron chi connectivity index (χ1n) is 6.44. The largest absolute Gasteiger partial charge is 0.454 e. The van der Waals surface area contributed by atoms with E-state index in [1.165, 1.54) is 12.1 Å². The summed E-state index contributed by atoms with van der Waals surface area (Å²) in [4.78, 5) is 0.0921. The average molecular weight is 321 g/mol. The first-order valence-corrected chi connectivity index (χ1v) is 7.92. The normalized spacial score (nSPS) is 14.9. The van der Waals surface area contributed by atoms with E-state index in [9.17, 15) is 8.42 Å². The van der Waals surface area contributed by atoms with Gasteiger partial charge in [-0.15, -0.1) is 0 Å². The highest BCUT2D eigenvalue weighted by Gasteiger charge is 2.21. The summed E-state index contributed by atoms with van der Waals surface area (Å²) in [6.07, 6.45) is 0. The fraction of sp³-hybridized carbons (Fsp3) is 0.143. The predicted molar refractivity (Wildman–Crippen MR) is 75.9 cm³/mol. The Bertz CT molecular complexity index is 848. The van der Waals surface area contributed by atoms with E-state index in [4.69, 9.17) is 18.9 Å². The van der Waals surface area contributed by atoms with Gasteiger partial charge in [0.2, 0.25) is 13.6 Å². The molecule has 0 radical (unpaired) electrons. The van der Waals surface area contributed by atoms with Gasteiger partial charge in [0.1, 0.15) is 0 Å². The molecule has 114 valence electrons. The highest BCUT2D eigenvalue weighted by Crippen LogP contribution is 2.36. The molecule has 0 unspecified atom stereocenters. The van der Waals surface area contributed by atoms with Gasteiger partial charge in [0, 0.05) is 12.1 Å². The van der Waals surface area contributed by atoms with Crippen molar-refractivity contribution in [3.05, 3.63) is 36.4 Å². The van der Waals surface area contributed by atoms with Crippen molar-refractivity contribution in [3.8, 4) is 23.0 Å². The minimum atomic E-state index is -3.73. The molecular formula is C14H11NO6S. The number of fused-ring (bicyclic) bond motifs is 2. The van der Waals surface area contributed by atoms with E-state index < -0.39 is 10.0 Å². The molecular weight excluding hydrogens is 310 g/mol. The molecule has 0 bridgehead atoms. The molecule has 2 aliphatic heterocycles. The van der Waals surface area contributed by atoms with Crippen molar-refractivity contribution in [3.63, 3.8) is 0 Å². The first-order chi connectivity index (χ1) is 10.6. The average Bonchev–Trinajstić information content (AvgIpc) is 3.14. The Morgan fingerprint density at radius 3 is 2.09 bits per heavy atom. The number of hydrogen-bond acceptors (Lipinski definition) is 6. The lowest BCUT2D eigenvalue weighted by Gasteiger charge is -2.09. The fourth-order valence-corrected chi connectivity index (χ4v) is 3.28. The van der Waals surface area contributed by atoms with Crippen molar-refractivity contribution < 1.29 is 27.4 Å². The number of ether oxygens (including phenoxy) is 4. The molecule has 2 aromatic rings. The van der Waals surface area contributed by atoms with E-state index in [2.05, 4.69) is 4.72 Å². The molecule has 22 heavy (non-hydrogen) atoms. The molecule has 0 atom stereocenters. The molecule has 7 nitrogen and oxygen atoms in total. The van der Waals surface area contributed by atoms with Gasteiger partial charge >= 0.3 is 0 Å². The summed E-state index contributed by atoms with van der Waals surface area (Å²) in [5.74, 6) is 2.03. The second-order valence-electron chi connectivity index (χ2n) is 4.69. The maximum Gasteiger partial charge on any atom is 0.262 e. The minimum Gasteiger partial charge on any atom is -0.454 e. The quantitative estimate of drug-likeness (QED) is 0.930. The molecule has 0 fully saturated rings. The lowest BCUT2D eigenvalue weighted by Crippen LogP contribution is -2.12. The summed E-state index contributed by atoms with van der Waals surface area (Å²) >= 11 is 0. The first kappa shape index (κ1) is 13.1. The molecule has 0 saturated carbocycles. The van der Waals surface area contributed by atoms with Crippen LogP contribution in [0.3, 0.4) is 0 Å². The van der Waals surface area contributed by atoms with Crippen LogP contribution in [0.2, 0.25) is 0 Å². The number of benzene rings is 2. The molecule has 2 aromatic carbocycles. The van der Waals surface area contributed by atoms with Crippen molar-refractivity contribution in [2.24, 2.45) is 0 Å². The van der Waals surface area contributed by atoms with Gasteiger partial charge in [0.15, 0.2) is 23.0 Å². The van der Waals surface area contributed by atoms with Crippen LogP contribution in [0.25, 0.3) is 0 Å². The fourth-order valence-electron chi connectivity index (χ4n) is 2.22. The van der Waals surface area contributed by atoms with Gasteiger partial charge in [-0.1, -0.05) is 0 Å². The van der Waals surface area contributed by atoms with Gasteiger partial charge in [0.25, 0.3) is 10.0 Å². The van der Waals surface area contributed by atoms with E-state index >= 15 is 0 Å². The summed E-state index contributed by atoms with van der Waals surface area (Å²) in [5.41, 5.74) is 0.391. The number of nitrogens with one attached hydrogen (secondary N) is 1. The topological polar surface area (TPSA) is 83.1 Å². The SMILES string of the molecule is O=S(=O)(Nc1ccc2c(c1)OCO2)c1ccc2c(c1)OCO2. The Hall–Kier alpha value is -2.61. The van der Waals surface area contributed by atoms with Gasteiger partial charge < -0.3 is 18.9 Å². The second kappa shape index (κ2) is 4.70. The minimum absolute atomic E-state index is 0.0917. The Kier molecular flexibility index (Phi) is 2.80. The molecule has 0 spiro atoms. The van der Waals surface area contributed by atoms with E-state index in [1.54, 1.807) is 24.3 Å². The number of anilines is 1. The lowest BCUT2D eigenvalue weighted by molar-refractivity contribution is 0.173. The second-order valence-corrected chi connectivity index (χ2v) is 6.37. The van der Waals surface area contributed by atoms with Crippen LogP contribution in [0.5, 0.6) is 23.0 Å². The van der Waals surface area contributed by atoms with Crippen LogP contribution in [-0.4, -0.2) is 22.0 Å². The van der Waals surface area contributed by atoms with Crippen molar-refractivity contribution in [2.75, 3.05) is 18.3 Å². The third-order valence-electron chi connectivity index (χ3n) is 3.28. The monoisotopic (exact) mass is 321 g/mol. The van der Waals surface area contributed by atoms with Crippen molar-refractivity contribution in [2.45, 2.75) is 4.90 Å². The number of sulfonamides is 1. The standard InChI is InChI=1S/C14H11NO6S/c16-22(17,10-2-4-12-14(6-10)21-8-19-12)15-9-1-3-11-13(5-9)20-7-18-11/h1-6,15H,7-8H2. The van der Waals surface area contributed by atoms with Crippen LogP contribution in [-0.2, 0) is 10.0 Å². The van der Waals surface area contributed by atoms with Gasteiger partial charge in [-0.25, -0.2) is 8.42 Å². The molecule has 0 amide bonds. The van der Waals surface area contributed by atoms with E-state index in [0.717, 1.165) is 0 Å². The lowest BCUT2D eigenvalue weighted by atomic mass is 10.3. The Morgan fingerprint density at radius 2 is 1.36 bits per heavy atom. The van der Waals surface area contributed by atoms with Gasteiger partial charge in [-0.05, 0) is 24.3 Å². The molecule has 4 rings (SSSR count). The molecule has 0 saturated heterocycles. The van der Waals surface area contributed by atoms with Gasteiger partial charge in [-0.2, -0.15) is 0 Å². The summed E-state index contributed by atoms with van der Waals surface area (Å²) in [6.45, 7) is 0.224. The molecule has 1 N–H and O–H groups in total. The maximum absolute atomic E-state index is 12.4. The third kappa shape index (κ3) is 2.17. The highest BCUT2D eigenvalue weighted by molar-refractivity contribution is 7.92. The molecule has 2 heterocycles. The van der Waals surface area contributed by atoms with Gasteiger partial charge in [0.05, 0.1) is 10.6 Å². The Balaban J connectivity index is 1.64. The Morgan fingerprint density at radius 1 is 0.773 bits per heavy atom. The van der Waals surface area contributed by atoms with Crippen molar-refractivity contribution in [1.82, 2.24) is 0 Å². The predicted octanol–water partition coefficient (Wildman–Crippen LogP) is 1.94. The highest BCUT2D eigenvalue weighted by atomic mass is 32.2. The van der Waals surface area contributed by atoms with E-state index in [1.807, 2.05) is 0 Å². The number of hydrogen-bond donors (Lipinski definition) is 1. The van der Waals surface area contributed by atoms with E-state index in [-0.39, 0.29) is 18.5 Å². The molecule has 0 aliphatic carbocycles. The van der Waals surface area contributed by atoms with Gasteiger partial charge in [-0.3, -0.25) is 4.72 Å². The van der Waals surface area contributed by atoms with Crippen molar-refractivity contribution in [1.29, 1.82) is 0 Å². The zero-order valence-corrected chi connectivity index (χ0v) is 12.1. The van der Waals surface area contributed by atoms with E-state index in [0.29, 0.717) is 28.7 Å². The summed E-state index contributed by atoms with van der Waals surface area (Å²) in [5, 5.41) is 0. The van der Waals surface area contributed by atoms with Crippen LogP contribution in [0.1, 0.15) is 0 Å². The van der Waals surface area contributed by atoms with Crippen LogP contribution < -0.4 is 23.7 Å². The summed E-state index contributed by atoms with van der Waals surface area (Å²) < 4.78 is 48.1. The van der Waals surface area contributed by atoms with Crippen LogP contribution >= 0.6 is 0 Å². The van der Waals surface area contributed by atoms with Crippen molar-refractivity contribution >= 4 is 15.7 Å². The van der Waals surface area contributed by atoms with Crippen LogP contribution in [0, 0.1) is 0 Å². The van der Waals surface area contributed by atoms with Crippen LogP contribution in [0.15, 0.2) is 41.3 Å². The molecule has 2 aliphatic rings. The zero-order valence-electron chi connectivity index (χ0n) is 11.2. The maximum atomic E-state index is 12.4. The summed E-state index contributed by atoms with van der Waals surface area (Å²) in [7, 11) is -3.73. The zero-order chi connectivity index (χ0) is 15.2. The third-order valence-corrected chi connectivity index (χ3v) is 4.66. The smallest absolute Gasteiger partial charge is 0.262 e. The molecule has 0 aromatic heterocycles. The summed E-state index contributed by atoms with van der Waals surface area (Å²) in [6, 6.07) is 9.29. The number of rotatable bonds is 3. The van der Waals surface area contributed by atoms with Crippen LogP contribution in [0.4, 0.5) is 5.69 Å².